The fraction of sp³-hybridized carbons (Fsp3) is 0.778. The van der Waals surface area contributed by atoms with Crippen molar-refractivity contribution in [2.24, 2.45) is 0 Å². The van der Waals surface area contributed by atoms with Crippen LogP contribution in [0.2, 0.25) is 0 Å². The lowest BCUT2D eigenvalue weighted by Crippen LogP contribution is -2.50. The van der Waals surface area contributed by atoms with Crippen molar-refractivity contribution in [1.82, 2.24) is 14.3 Å². The fourth-order valence-electron chi connectivity index (χ4n) is 1.37. The van der Waals surface area contributed by atoms with Crippen LogP contribution in [0.4, 0.5) is 0 Å². The summed E-state index contributed by atoms with van der Waals surface area (Å²) in [4.78, 5) is 0. The molecule has 1 saturated heterocycles. The van der Waals surface area contributed by atoms with Crippen LogP contribution in [0.15, 0.2) is 0 Å². The van der Waals surface area contributed by atoms with Crippen LogP contribution in [0.5, 0.6) is 0 Å². The number of piperazine rings is 1. The topological polar surface area (TPSA) is 61.4 Å². The van der Waals surface area contributed by atoms with Crippen LogP contribution < -0.4 is 10.0 Å². The van der Waals surface area contributed by atoms with E-state index in [0.717, 1.165) is 0 Å². The van der Waals surface area contributed by atoms with Gasteiger partial charge in [0, 0.05) is 39.1 Å². The summed E-state index contributed by atoms with van der Waals surface area (Å²) < 4.78 is 27.4. The van der Waals surface area contributed by atoms with Crippen LogP contribution in [-0.4, -0.2) is 45.4 Å². The van der Waals surface area contributed by atoms with Crippen molar-refractivity contribution < 1.29 is 8.42 Å². The van der Waals surface area contributed by atoms with Crippen molar-refractivity contribution in [1.29, 1.82) is 0 Å². The predicted octanol–water partition coefficient (Wildman–Crippen LogP) is -0.861. The zero-order valence-electron chi connectivity index (χ0n) is 8.70. The SMILES string of the molecule is C#CCCCNS(=O)(=O)N1CCNCC1. The van der Waals surface area contributed by atoms with Gasteiger partial charge in [0.05, 0.1) is 0 Å². The molecule has 0 unspecified atom stereocenters. The third-order valence-electron chi connectivity index (χ3n) is 2.20. The van der Waals surface area contributed by atoms with Crippen molar-refractivity contribution in [3.05, 3.63) is 0 Å². The van der Waals surface area contributed by atoms with Gasteiger partial charge in [-0.05, 0) is 6.42 Å². The fourth-order valence-corrected chi connectivity index (χ4v) is 2.62. The molecule has 15 heavy (non-hydrogen) atoms. The van der Waals surface area contributed by atoms with Gasteiger partial charge in [0.2, 0.25) is 0 Å². The van der Waals surface area contributed by atoms with Gasteiger partial charge in [-0.25, -0.2) is 4.72 Å². The molecule has 0 aromatic rings. The molecule has 2 N–H and O–H groups in total. The number of nitrogens with one attached hydrogen (secondary N) is 2. The van der Waals surface area contributed by atoms with Crippen LogP contribution in [0, 0.1) is 12.3 Å². The van der Waals surface area contributed by atoms with Gasteiger partial charge in [0.15, 0.2) is 0 Å². The van der Waals surface area contributed by atoms with Crippen LogP contribution in [0.1, 0.15) is 12.8 Å². The molecule has 0 amide bonds. The highest BCUT2D eigenvalue weighted by atomic mass is 32.2. The first-order valence-electron chi connectivity index (χ1n) is 5.06. The van der Waals surface area contributed by atoms with Crippen LogP contribution in [0.25, 0.3) is 0 Å². The predicted molar refractivity (Wildman–Crippen MR) is 59.4 cm³/mol. The van der Waals surface area contributed by atoms with E-state index < -0.39 is 10.2 Å². The molecule has 1 heterocycles. The maximum absolute atomic E-state index is 11.7. The van der Waals surface area contributed by atoms with Crippen LogP contribution in [0.3, 0.4) is 0 Å². The molecular formula is C9H17N3O2S. The quantitative estimate of drug-likeness (QED) is 0.478. The van der Waals surface area contributed by atoms with Crippen molar-refractivity contribution in [3.63, 3.8) is 0 Å². The molecule has 86 valence electrons. The first kappa shape index (κ1) is 12.5. The lowest BCUT2D eigenvalue weighted by molar-refractivity contribution is 0.355. The second-order valence-corrected chi connectivity index (χ2v) is 5.11. The third-order valence-corrected chi connectivity index (χ3v) is 3.81. The Kier molecular flexibility index (Phi) is 5.05. The highest BCUT2D eigenvalue weighted by Gasteiger charge is 2.22. The highest BCUT2D eigenvalue weighted by Crippen LogP contribution is 1.99. The van der Waals surface area contributed by atoms with E-state index in [0.29, 0.717) is 45.6 Å². The molecule has 0 atom stereocenters. The average Bonchev–Trinajstić information content (AvgIpc) is 2.26. The first-order valence-corrected chi connectivity index (χ1v) is 6.50. The Balaban J connectivity index is 2.34. The summed E-state index contributed by atoms with van der Waals surface area (Å²) in [6.45, 7) is 2.90. The highest BCUT2D eigenvalue weighted by molar-refractivity contribution is 7.87. The molecule has 1 aliphatic heterocycles. The molecule has 5 nitrogen and oxygen atoms in total. The molecule has 0 saturated carbocycles. The number of unbranched alkanes of at least 4 members (excludes halogenated alkanes) is 1. The summed E-state index contributed by atoms with van der Waals surface area (Å²) >= 11 is 0. The monoisotopic (exact) mass is 231 g/mol. The Bertz CT molecular complexity index is 315. The Hall–Kier alpha value is -0.610. The van der Waals surface area contributed by atoms with Crippen molar-refractivity contribution in [2.45, 2.75) is 12.8 Å². The van der Waals surface area contributed by atoms with Gasteiger partial charge < -0.3 is 5.32 Å². The zero-order chi connectivity index (χ0) is 11.1. The lowest BCUT2D eigenvalue weighted by Gasteiger charge is -2.26. The molecule has 6 heteroatoms. The number of rotatable bonds is 5. The Morgan fingerprint density at radius 1 is 1.40 bits per heavy atom. The van der Waals surface area contributed by atoms with Crippen LogP contribution in [-0.2, 0) is 10.2 Å². The van der Waals surface area contributed by atoms with Gasteiger partial charge in [-0.1, -0.05) is 0 Å². The van der Waals surface area contributed by atoms with Gasteiger partial charge in [0.25, 0.3) is 10.2 Å². The summed E-state index contributed by atoms with van der Waals surface area (Å²) in [6.07, 6.45) is 6.36. The van der Waals surface area contributed by atoms with Gasteiger partial charge in [-0.3, -0.25) is 0 Å². The first-order chi connectivity index (χ1) is 7.17. The molecule has 1 rings (SSSR count). The standard InChI is InChI=1S/C9H17N3O2S/c1-2-3-4-5-11-15(13,14)12-8-6-10-7-9-12/h1,10-11H,3-9H2. The minimum atomic E-state index is -3.29. The molecule has 1 aliphatic rings. The Morgan fingerprint density at radius 2 is 2.07 bits per heavy atom. The van der Waals surface area contributed by atoms with Crippen molar-refractivity contribution in [2.75, 3.05) is 32.7 Å². The van der Waals surface area contributed by atoms with E-state index in [1.807, 2.05) is 0 Å². The Morgan fingerprint density at radius 3 is 2.67 bits per heavy atom. The van der Waals surface area contributed by atoms with E-state index in [4.69, 9.17) is 6.42 Å². The smallest absolute Gasteiger partial charge is 0.279 e. The summed E-state index contributed by atoms with van der Waals surface area (Å²) in [7, 11) is -3.29. The molecule has 0 aliphatic carbocycles. The summed E-state index contributed by atoms with van der Waals surface area (Å²) in [5.41, 5.74) is 0. The van der Waals surface area contributed by atoms with Crippen molar-refractivity contribution >= 4 is 10.2 Å². The van der Waals surface area contributed by atoms with Gasteiger partial charge >= 0.3 is 0 Å². The summed E-state index contributed by atoms with van der Waals surface area (Å²) in [5, 5.41) is 3.10. The minimum absolute atomic E-state index is 0.413. The molecule has 0 radical (unpaired) electrons. The van der Waals surface area contributed by atoms with E-state index >= 15 is 0 Å². The second-order valence-electron chi connectivity index (χ2n) is 3.36. The lowest BCUT2D eigenvalue weighted by atomic mass is 10.3. The summed E-state index contributed by atoms with van der Waals surface area (Å²) in [6, 6.07) is 0. The van der Waals surface area contributed by atoms with Crippen molar-refractivity contribution in [3.8, 4) is 12.3 Å². The molecular weight excluding hydrogens is 214 g/mol. The number of nitrogens with zero attached hydrogens (tertiary/aromatic N) is 1. The Labute approximate surface area is 91.4 Å². The molecule has 0 spiro atoms. The van der Waals surface area contributed by atoms with Gasteiger partial charge in [-0.15, -0.1) is 12.3 Å². The number of hydrogen-bond acceptors (Lipinski definition) is 3. The maximum atomic E-state index is 11.7. The van der Waals surface area contributed by atoms with E-state index in [2.05, 4.69) is 16.0 Å². The van der Waals surface area contributed by atoms with E-state index in [-0.39, 0.29) is 0 Å². The van der Waals surface area contributed by atoms with Crippen LogP contribution >= 0.6 is 0 Å². The van der Waals surface area contributed by atoms with E-state index in [9.17, 15) is 8.42 Å². The van der Waals surface area contributed by atoms with Gasteiger partial charge in [-0.2, -0.15) is 12.7 Å². The molecule has 0 bridgehead atoms. The largest absolute Gasteiger partial charge is 0.314 e. The zero-order valence-corrected chi connectivity index (χ0v) is 9.52. The second kappa shape index (κ2) is 6.08. The number of hydrogen-bond donors (Lipinski definition) is 2. The van der Waals surface area contributed by atoms with E-state index in [1.54, 1.807) is 0 Å². The minimum Gasteiger partial charge on any atom is -0.314 e. The normalized spacial score (nSPS) is 18.6. The molecule has 0 aromatic carbocycles. The average molecular weight is 231 g/mol. The van der Waals surface area contributed by atoms with E-state index in [1.165, 1.54) is 4.31 Å². The maximum Gasteiger partial charge on any atom is 0.279 e. The molecule has 0 aromatic heterocycles. The molecule has 1 fully saturated rings. The summed E-state index contributed by atoms with van der Waals surface area (Å²) in [5.74, 6) is 2.48. The van der Waals surface area contributed by atoms with Gasteiger partial charge in [0.1, 0.15) is 0 Å². The number of terminal acetylenes is 1. The third kappa shape index (κ3) is 4.18.